The van der Waals surface area contributed by atoms with Gasteiger partial charge in [-0.05, 0) is 29.9 Å². The third-order valence-electron chi connectivity index (χ3n) is 2.69. The molecule has 1 N–H and O–H groups in total. The Hall–Kier alpha value is -2.28. The van der Waals surface area contributed by atoms with Crippen LogP contribution in [0.3, 0.4) is 0 Å². The zero-order valence-electron chi connectivity index (χ0n) is 11.2. The molecule has 0 saturated heterocycles. The smallest absolute Gasteiger partial charge is 0.337 e. The lowest BCUT2D eigenvalue weighted by molar-refractivity contribution is 0.0601. The van der Waals surface area contributed by atoms with E-state index in [-0.39, 0.29) is 5.97 Å². The standard InChI is InChI=1S/C13H14N4O2S/c1-3-11-15-16-13(20)17(11)14-8-9-4-6-10(7-5-9)12(18)19-2/h4-8H,3H2,1-2H3,(H,16,20)/b14-8-. The van der Waals surface area contributed by atoms with Crippen LogP contribution in [0.15, 0.2) is 29.4 Å². The number of carbonyl (C=O) groups excluding carboxylic acids is 1. The quantitative estimate of drug-likeness (QED) is 0.532. The Morgan fingerprint density at radius 2 is 2.20 bits per heavy atom. The van der Waals surface area contributed by atoms with E-state index >= 15 is 0 Å². The third-order valence-corrected chi connectivity index (χ3v) is 2.95. The van der Waals surface area contributed by atoms with Crippen LogP contribution in [-0.4, -0.2) is 34.2 Å². The van der Waals surface area contributed by atoms with E-state index in [1.807, 2.05) is 6.92 Å². The number of hydrogen-bond acceptors (Lipinski definition) is 5. The minimum Gasteiger partial charge on any atom is -0.465 e. The number of carbonyl (C=O) groups is 1. The predicted octanol–water partition coefficient (Wildman–Crippen LogP) is 2.17. The molecule has 2 rings (SSSR count). The topological polar surface area (TPSA) is 72.3 Å². The van der Waals surface area contributed by atoms with Gasteiger partial charge in [-0.3, -0.25) is 5.10 Å². The van der Waals surface area contributed by atoms with Gasteiger partial charge >= 0.3 is 5.97 Å². The number of hydrogen-bond donors (Lipinski definition) is 1. The van der Waals surface area contributed by atoms with Crippen molar-refractivity contribution in [2.45, 2.75) is 13.3 Å². The first kappa shape index (κ1) is 14.1. The molecule has 20 heavy (non-hydrogen) atoms. The van der Waals surface area contributed by atoms with Crippen molar-refractivity contribution >= 4 is 24.4 Å². The predicted molar refractivity (Wildman–Crippen MR) is 77.6 cm³/mol. The fourth-order valence-corrected chi connectivity index (χ4v) is 1.82. The number of nitrogens with zero attached hydrogens (tertiary/aromatic N) is 3. The van der Waals surface area contributed by atoms with Crippen LogP contribution in [0.2, 0.25) is 0 Å². The van der Waals surface area contributed by atoms with E-state index in [0.29, 0.717) is 10.3 Å². The van der Waals surface area contributed by atoms with Crippen LogP contribution in [0, 0.1) is 4.77 Å². The summed E-state index contributed by atoms with van der Waals surface area (Å²) in [5, 5.41) is 11.0. The molecule has 1 heterocycles. The van der Waals surface area contributed by atoms with Gasteiger partial charge in [0.1, 0.15) is 0 Å². The minimum atomic E-state index is -0.362. The Morgan fingerprint density at radius 1 is 1.50 bits per heavy atom. The average molecular weight is 290 g/mol. The maximum Gasteiger partial charge on any atom is 0.337 e. The normalized spacial score (nSPS) is 10.9. The van der Waals surface area contributed by atoms with Crippen molar-refractivity contribution in [1.82, 2.24) is 14.9 Å². The summed E-state index contributed by atoms with van der Waals surface area (Å²) in [6.07, 6.45) is 2.39. The van der Waals surface area contributed by atoms with Crippen LogP contribution >= 0.6 is 12.2 Å². The number of aromatic nitrogens is 3. The maximum atomic E-state index is 11.3. The molecule has 0 spiro atoms. The number of methoxy groups -OCH3 is 1. The Labute approximate surface area is 121 Å². The first-order valence-corrected chi connectivity index (χ1v) is 6.45. The maximum absolute atomic E-state index is 11.3. The SMILES string of the molecule is CCc1n[nH]c(=S)n1/N=C\c1ccc(C(=O)OC)cc1. The summed E-state index contributed by atoms with van der Waals surface area (Å²) in [5.74, 6) is 0.399. The van der Waals surface area contributed by atoms with E-state index in [1.165, 1.54) is 7.11 Å². The monoisotopic (exact) mass is 290 g/mol. The fraction of sp³-hybridized carbons (Fsp3) is 0.231. The van der Waals surface area contributed by atoms with Crippen molar-refractivity contribution in [3.63, 3.8) is 0 Å². The van der Waals surface area contributed by atoms with Crippen LogP contribution in [0.5, 0.6) is 0 Å². The summed E-state index contributed by atoms with van der Waals surface area (Å²) >= 11 is 5.10. The zero-order chi connectivity index (χ0) is 14.5. The molecule has 2 aromatic rings. The van der Waals surface area contributed by atoms with Crippen molar-refractivity contribution in [2.75, 3.05) is 7.11 Å². The van der Waals surface area contributed by atoms with Crippen LogP contribution in [0.4, 0.5) is 0 Å². The first-order chi connectivity index (χ1) is 9.65. The van der Waals surface area contributed by atoms with Gasteiger partial charge in [-0.25, -0.2) is 4.79 Å². The van der Waals surface area contributed by atoms with Gasteiger partial charge in [0.05, 0.1) is 18.9 Å². The lowest BCUT2D eigenvalue weighted by Crippen LogP contribution is -2.01. The number of H-pyrrole nitrogens is 1. The summed E-state index contributed by atoms with van der Waals surface area (Å²) in [6.45, 7) is 1.97. The van der Waals surface area contributed by atoms with Crippen LogP contribution in [0.1, 0.15) is 28.7 Å². The van der Waals surface area contributed by atoms with Gasteiger partial charge < -0.3 is 4.74 Å². The second-order valence-corrected chi connectivity index (χ2v) is 4.36. The summed E-state index contributed by atoms with van der Waals surface area (Å²) in [7, 11) is 1.35. The molecule has 0 fully saturated rings. The lowest BCUT2D eigenvalue weighted by atomic mass is 10.1. The highest BCUT2D eigenvalue weighted by molar-refractivity contribution is 7.71. The van der Waals surface area contributed by atoms with Crippen molar-refractivity contribution in [3.8, 4) is 0 Å². The van der Waals surface area contributed by atoms with E-state index in [2.05, 4.69) is 20.0 Å². The van der Waals surface area contributed by atoms with Crippen molar-refractivity contribution in [3.05, 3.63) is 46.0 Å². The number of benzene rings is 1. The molecule has 1 aromatic heterocycles. The van der Waals surface area contributed by atoms with Gasteiger partial charge in [-0.15, -0.1) is 0 Å². The molecule has 104 valence electrons. The number of aryl methyl sites for hydroxylation is 1. The summed E-state index contributed by atoms with van der Waals surface area (Å²) in [5.41, 5.74) is 1.35. The molecule has 0 amide bonds. The molecular formula is C13H14N4O2S. The Kier molecular flexibility index (Phi) is 4.41. The number of esters is 1. The van der Waals surface area contributed by atoms with Gasteiger partial charge in [-0.2, -0.15) is 14.9 Å². The molecule has 0 atom stereocenters. The van der Waals surface area contributed by atoms with Gasteiger partial charge in [0.15, 0.2) is 5.82 Å². The molecular weight excluding hydrogens is 276 g/mol. The Balaban J connectivity index is 2.21. The average Bonchev–Trinajstić information content (AvgIpc) is 2.85. The highest BCUT2D eigenvalue weighted by Crippen LogP contribution is 2.05. The van der Waals surface area contributed by atoms with Gasteiger partial charge in [-0.1, -0.05) is 19.1 Å². The fourth-order valence-electron chi connectivity index (χ4n) is 1.62. The highest BCUT2D eigenvalue weighted by atomic mass is 32.1. The summed E-state index contributed by atoms with van der Waals surface area (Å²) in [6, 6.07) is 6.93. The van der Waals surface area contributed by atoms with Gasteiger partial charge in [0, 0.05) is 6.42 Å². The van der Waals surface area contributed by atoms with E-state index in [0.717, 1.165) is 17.8 Å². The van der Waals surface area contributed by atoms with Crippen LogP contribution in [-0.2, 0) is 11.2 Å². The minimum absolute atomic E-state index is 0.362. The van der Waals surface area contributed by atoms with Gasteiger partial charge in [0.25, 0.3) is 0 Å². The molecule has 7 heteroatoms. The van der Waals surface area contributed by atoms with Gasteiger partial charge in [0.2, 0.25) is 4.77 Å². The molecule has 0 aliphatic carbocycles. The van der Waals surface area contributed by atoms with Crippen LogP contribution in [0.25, 0.3) is 0 Å². The summed E-state index contributed by atoms with van der Waals surface area (Å²) in [4.78, 5) is 11.3. The first-order valence-electron chi connectivity index (χ1n) is 6.04. The van der Waals surface area contributed by atoms with Crippen molar-refractivity contribution < 1.29 is 9.53 Å². The molecule has 0 aliphatic rings. The molecule has 0 radical (unpaired) electrons. The lowest BCUT2D eigenvalue weighted by Gasteiger charge is -2.00. The molecule has 1 aromatic carbocycles. The molecule has 0 unspecified atom stereocenters. The zero-order valence-corrected chi connectivity index (χ0v) is 12.0. The van der Waals surface area contributed by atoms with E-state index in [9.17, 15) is 4.79 Å². The van der Waals surface area contributed by atoms with E-state index < -0.39 is 0 Å². The Bertz CT molecular complexity index is 685. The van der Waals surface area contributed by atoms with E-state index in [4.69, 9.17) is 12.2 Å². The molecule has 0 aliphatic heterocycles. The summed E-state index contributed by atoms with van der Waals surface area (Å²) < 4.78 is 6.66. The Morgan fingerprint density at radius 3 is 2.80 bits per heavy atom. The highest BCUT2D eigenvalue weighted by Gasteiger charge is 2.04. The number of rotatable bonds is 4. The third kappa shape index (κ3) is 3.00. The number of ether oxygens (including phenoxy) is 1. The second-order valence-electron chi connectivity index (χ2n) is 3.97. The molecule has 0 bridgehead atoms. The number of aromatic amines is 1. The molecule has 6 nitrogen and oxygen atoms in total. The van der Waals surface area contributed by atoms with Crippen molar-refractivity contribution in [1.29, 1.82) is 0 Å². The molecule has 0 saturated carbocycles. The van der Waals surface area contributed by atoms with E-state index in [1.54, 1.807) is 35.2 Å². The number of nitrogens with one attached hydrogen (secondary N) is 1. The largest absolute Gasteiger partial charge is 0.465 e. The second kappa shape index (κ2) is 6.25. The van der Waals surface area contributed by atoms with Crippen molar-refractivity contribution in [2.24, 2.45) is 5.10 Å². The van der Waals surface area contributed by atoms with Crippen LogP contribution < -0.4 is 0 Å².